The number of hydrogen-bond acceptors (Lipinski definition) is 4. The summed E-state index contributed by atoms with van der Waals surface area (Å²) in [6.07, 6.45) is 0. The van der Waals surface area contributed by atoms with Gasteiger partial charge >= 0.3 is 0 Å². The van der Waals surface area contributed by atoms with Gasteiger partial charge in [-0.3, -0.25) is 9.59 Å². The Kier molecular flexibility index (Phi) is 6.63. The maximum absolute atomic E-state index is 13.7. The van der Waals surface area contributed by atoms with Crippen LogP contribution in [0.2, 0.25) is 5.02 Å². The van der Waals surface area contributed by atoms with E-state index in [0.717, 1.165) is 5.56 Å². The number of rotatable bonds is 6. The second-order valence-electron chi connectivity index (χ2n) is 7.82. The van der Waals surface area contributed by atoms with E-state index in [2.05, 4.69) is 20.6 Å². The number of fused-ring (bicyclic) bond motifs is 1. The van der Waals surface area contributed by atoms with Gasteiger partial charge in [-0.2, -0.15) is 0 Å². The van der Waals surface area contributed by atoms with Gasteiger partial charge in [-0.05, 0) is 61.4 Å². The van der Waals surface area contributed by atoms with E-state index >= 15 is 0 Å². The first-order valence-electron chi connectivity index (χ1n) is 10.4. The lowest BCUT2D eigenvalue weighted by Gasteiger charge is -2.12. The van der Waals surface area contributed by atoms with Crippen LogP contribution in [0.1, 0.15) is 37.7 Å². The minimum atomic E-state index is -0.513. The van der Waals surface area contributed by atoms with Crippen molar-refractivity contribution >= 4 is 45.8 Å². The number of ether oxygens (including phenoxy) is 1. The van der Waals surface area contributed by atoms with Crippen LogP contribution in [0.5, 0.6) is 0 Å². The van der Waals surface area contributed by atoms with Gasteiger partial charge in [0.25, 0.3) is 11.8 Å². The summed E-state index contributed by atoms with van der Waals surface area (Å²) in [6.45, 7) is 3.74. The second kappa shape index (κ2) is 9.62. The smallest absolute Gasteiger partial charge is 0.258 e. The molecule has 7 nitrogen and oxygen atoms in total. The van der Waals surface area contributed by atoms with Gasteiger partial charge in [0.15, 0.2) is 0 Å². The highest BCUT2D eigenvalue weighted by molar-refractivity contribution is 6.31. The van der Waals surface area contributed by atoms with Crippen LogP contribution >= 0.6 is 11.6 Å². The number of amides is 2. The van der Waals surface area contributed by atoms with Gasteiger partial charge in [0.2, 0.25) is 0 Å². The molecule has 1 heterocycles. The number of H-pyrrole nitrogens is 1. The van der Waals surface area contributed by atoms with E-state index in [0.29, 0.717) is 38.8 Å². The number of anilines is 2. The van der Waals surface area contributed by atoms with E-state index in [9.17, 15) is 14.0 Å². The normalized spacial score (nSPS) is 11.0. The van der Waals surface area contributed by atoms with E-state index in [1.54, 1.807) is 38.1 Å². The van der Waals surface area contributed by atoms with Gasteiger partial charge in [0.1, 0.15) is 23.8 Å². The number of hydrogen-bond donors (Lipinski definition) is 3. The van der Waals surface area contributed by atoms with Gasteiger partial charge in [-0.15, -0.1) is 0 Å². The van der Waals surface area contributed by atoms with Crippen LogP contribution in [0.3, 0.4) is 0 Å². The molecule has 4 rings (SSSR count). The number of carbonyl (C=O) groups is 2. The molecule has 0 saturated heterocycles. The van der Waals surface area contributed by atoms with Crippen molar-refractivity contribution in [2.75, 3.05) is 17.7 Å². The summed E-state index contributed by atoms with van der Waals surface area (Å²) in [5, 5.41) is 6.14. The van der Waals surface area contributed by atoms with Crippen LogP contribution in [-0.2, 0) is 11.3 Å². The molecule has 3 N–H and O–H groups in total. The van der Waals surface area contributed by atoms with Gasteiger partial charge in [-0.1, -0.05) is 23.7 Å². The molecule has 0 bridgehead atoms. The van der Waals surface area contributed by atoms with Gasteiger partial charge in [-0.25, -0.2) is 9.37 Å². The fourth-order valence-electron chi connectivity index (χ4n) is 3.59. The van der Waals surface area contributed by atoms with Crippen LogP contribution < -0.4 is 10.6 Å². The Morgan fingerprint density at radius 3 is 2.59 bits per heavy atom. The van der Waals surface area contributed by atoms with Crippen molar-refractivity contribution in [1.82, 2.24) is 9.97 Å². The van der Waals surface area contributed by atoms with Crippen molar-refractivity contribution in [1.29, 1.82) is 0 Å². The van der Waals surface area contributed by atoms with Crippen molar-refractivity contribution in [3.63, 3.8) is 0 Å². The van der Waals surface area contributed by atoms with Crippen LogP contribution in [0, 0.1) is 19.7 Å². The maximum Gasteiger partial charge on any atom is 0.258 e. The number of carbonyl (C=O) groups excluding carboxylic acids is 2. The van der Waals surface area contributed by atoms with Crippen molar-refractivity contribution in [2.24, 2.45) is 0 Å². The molecule has 0 aliphatic heterocycles. The number of halogens is 2. The molecule has 0 radical (unpaired) electrons. The molecule has 0 aliphatic carbocycles. The molecular weight excluding hydrogens is 459 g/mol. The van der Waals surface area contributed by atoms with E-state index in [1.165, 1.54) is 31.4 Å². The number of nitrogens with zero attached hydrogens (tertiary/aromatic N) is 1. The summed E-state index contributed by atoms with van der Waals surface area (Å²) < 4.78 is 18.8. The van der Waals surface area contributed by atoms with E-state index < -0.39 is 17.6 Å². The Hall–Kier alpha value is -3.75. The standard InChI is InChI=1S/C25H22ClFN4O3/c1-13-7-8-15(27)9-17(13)24(32)28-16-10-18(23-21(11-16)29-22(31-23)12-34-3)25(33)30-20-6-4-5-19(26)14(20)2/h4-11H,12H2,1-3H3,(H,28,32)(H,29,31)(H,30,33). The molecule has 0 saturated carbocycles. The molecule has 9 heteroatoms. The number of methoxy groups -OCH3 is 1. The monoisotopic (exact) mass is 480 g/mol. The minimum Gasteiger partial charge on any atom is -0.377 e. The first-order valence-corrected chi connectivity index (χ1v) is 10.8. The zero-order valence-corrected chi connectivity index (χ0v) is 19.5. The average molecular weight is 481 g/mol. The Morgan fingerprint density at radius 1 is 1.06 bits per heavy atom. The number of benzene rings is 3. The van der Waals surface area contributed by atoms with Crippen molar-refractivity contribution in [2.45, 2.75) is 20.5 Å². The highest BCUT2D eigenvalue weighted by Crippen LogP contribution is 2.27. The SMILES string of the molecule is COCc1nc2c(C(=O)Nc3cccc(Cl)c3C)cc(NC(=O)c3cc(F)ccc3C)cc2[nH]1. The van der Waals surface area contributed by atoms with Crippen LogP contribution in [0.15, 0.2) is 48.5 Å². The Balaban J connectivity index is 1.74. The molecule has 0 spiro atoms. The molecule has 1 aromatic heterocycles. The Morgan fingerprint density at radius 2 is 1.82 bits per heavy atom. The zero-order valence-electron chi connectivity index (χ0n) is 18.8. The highest BCUT2D eigenvalue weighted by atomic mass is 35.5. The molecule has 174 valence electrons. The highest BCUT2D eigenvalue weighted by Gasteiger charge is 2.19. The summed E-state index contributed by atoms with van der Waals surface area (Å²) in [7, 11) is 1.54. The van der Waals surface area contributed by atoms with E-state index in [-0.39, 0.29) is 17.7 Å². The Labute approximate surface area is 200 Å². The molecule has 0 atom stereocenters. The van der Waals surface area contributed by atoms with Gasteiger partial charge in [0, 0.05) is 29.1 Å². The van der Waals surface area contributed by atoms with Crippen LogP contribution in [0.25, 0.3) is 11.0 Å². The quantitative estimate of drug-likeness (QED) is 0.333. The Bertz CT molecular complexity index is 1420. The predicted molar refractivity (Wildman–Crippen MR) is 130 cm³/mol. The molecular formula is C25H22ClFN4O3. The lowest BCUT2D eigenvalue weighted by molar-refractivity contribution is 0.101. The maximum atomic E-state index is 13.7. The molecule has 4 aromatic rings. The number of nitrogens with one attached hydrogen (secondary N) is 3. The second-order valence-corrected chi connectivity index (χ2v) is 8.22. The number of aromatic amines is 1. The third-order valence-corrected chi connectivity index (χ3v) is 5.79. The van der Waals surface area contributed by atoms with E-state index in [1.807, 2.05) is 0 Å². The topological polar surface area (TPSA) is 96.1 Å². The van der Waals surface area contributed by atoms with Crippen molar-refractivity contribution in [3.8, 4) is 0 Å². The average Bonchev–Trinajstić information content (AvgIpc) is 3.20. The van der Waals surface area contributed by atoms with Crippen LogP contribution in [-0.4, -0.2) is 28.9 Å². The summed E-state index contributed by atoms with van der Waals surface area (Å²) in [4.78, 5) is 33.7. The minimum absolute atomic E-state index is 0.199. The zero-order chi connectivity index (χ0) is 24.4. The fourth-order valence-corrected chi connectivity index (χ4v) is 3.76. The largest absolute Gasteiger partial charge is 0.377 e. The molecule has 3 aromatic carbocycles. The molecule has 34 heavy (non-hydrogen) atoms. The first kappa shape index (κ1) is 23.4. The fraction of sp³-hybridized carbons (Fsp3) is 0.160. The summed E-state index contributed by atoms with van der Waals surface area (Å²) in [5.41, 5.74) is 3.65. The molecule has 2 amide bonds. The van der Waals surface area contributed by atoms with Crippen molar-refractivity contribution < 1.29 is 18.7 Å². The lowest BCUT2D eigenvalue weighted by Crippen LogP contribution is -2.16. The lowest BCUT2D eigenvalue weighted by atomic mass is 10.1. The number of aryl methyl sites for hydroxylation is 1. The third-order valence-electron chi connectivity index (χ3n) is 5.38. The summed E-state index contributed by atoms with van der Waals surface area (Å²) >= 11 is 6.18. The van der Waals surface area contributed by atoms with Gasteiger partial charge < -0.3 is 20.4 Å². The number of aromatic nitrogens is 2. The van der Waals surface area contributed by atoms with Gasteiger partial charge in [0.05, 0.1) is 11.1 Å². The van der Waals surface area contributed by atoms with E-state index in [4.69, 9.17) is 16.3 Å². The summed E-state index contributed by atoms with van der Waals surface area (Å²) in [5.74, 6) is -0.912. The molecule has 0 unspecified atom stereocenters. The first-order chi connectivity index (χ1) is 16.3. The van der Waals surface area contributed by atoms with Crippen molar-refractivity contribution in [3.05, 3.63) is 87.4 Å². The third kappa shape index (κ3) is 4.78. The molecule has 0 fully saturated rings. The van der Waals surface area contributed by atoms with Crippen LogP contribution in [0.4, 0.5) is 15.8 Å². The molecule has 0 aliphatic rings. The number of imidazole rings is 1. The predicted octanol–water partition coefficient (Wildman–Crippen LogP) is 5.62. The summed E-state index contributed by atoms with van der Waals surface area (Å²) in [6, 6.07) is 12.4.